The molecule has 5 rings (SSSR count). The maximum absolute atomic E-state index is 5.95. The van der Waals surface area contributed by atoms with Crippen LogP contribution in [0.4, 0.5) is 0 Å². The van der Waals surface area contributed by atoms with Gasteiger partial charge in [0.25, 0.3) is 5.89 Å². The summed E-state index contributed by atoms with van der Waals surface area (Å²) in [5.41, 5.74) is 2.00. The first kappa shape index (κ1) is 16.9. The number of benzene rings is 2. The molecule has 5 nitrogen and oxygen atoms in total. The molecule has 27 heavy (non-hydrogen) atoms. The zero-order chi connectivity index (χ0) is 18.2. The lowest BCUT2D eigenvalue weighted by Gasteiger charge is -2.17. The molecule has 1 saturated heterocycles. The van der Waals surface area contributed by atoms with Crippen LogP contribution in [-0.4, -0.2) is 21.7 Å². The normalized spacial score (nSPS) is 19.7. The smallest absolute Gasteiger partial charge is 0.282 e. The second-order valence-electron chi connectivity index (χ2n) is 6.82. The zero-order valence-electron chi connectivity index (χ0n) is 14.6. The molecule has 4 aromatic rings. The van der Waals surface area contributed by atoms with E-state index in [1.807, 2.05) is 30.3 Å². The molecule has 0 saturated carbocycles. The van der Waals surface area contributed by atoms with Crippen LogP contribution in [0.25, 0.3) is 21.6 Å². The first-order valence-corrected chi connectivity index (χ1v) is 10.2. The summed E-state index contributed by atoms with van der Waals surface area (Å²) in [4.78, 5) is 10.9. The summed E-state index contributed by atoms with van der Waals surface area (Å²) in [6, 6.07) is 16.2. The molecule has 0 aliphatic carbocycles. The van der Waals surface area contributed by atoms with Gasteiger partial charge in [-0.3, -0.25) is 0 Å². The summed E-state index contributed by atoms with van der Waals surface area (Å²) < 4.78 is 6.77. The summed E-state index contributed by atoms with van der Waals surface area (Å²) in [5.74, 6) is 1.28. The number of thiazole rings is 1. The van der Waals surface area contributed by atoms with Gasteiger partial charge in [0, 0.05) is 23.4 Å². The highest BCUT2D eigenvalue weighted by molar-refractivity contribution is 7.18. The van der Waals surface area contributed by atoms with Gasteiger partial charge in [0.05, 0.1) is 16.8 Å². The van der Waals surface area contributed by atoms with Gasteiger partial charge in [-0.1, -0.05) is 28.9 Å². The predicted molar refractivity (Wildman–Crippen MR) is 106 cm³/mol. The number of nitrogens with one attached hydrogen (secondary N) is 1. The highest BCUT2D eigenvalue weighted by Gasteiger charge is 2.34. The lowest BCUT2D eigenvalue weighted by atomic mass is 10.2. The number of nitrogens with zero attached hydrogens (tertiary/aromatic N) is 3. The van der Waals surface area contributed by atoms with Crippen molar-refractivity contribution in [3.63, 3.8) is 0 Å². The molecule has 1 unspecified atom stereocenters. The van der Waals surface area contributed by atoms with Gasteiger partial charge in [0.1, 0.15) is 6.04 Å². The van der Waals surface area contributed by atoms with Gasteiger partial charge in [-0.25, -0.2) is 4.98 Å². The minimum atomic E-state index is 0.397. The van der Waals surface area contributed by atoms with Crippen LogP contribution in [-0.2, 0) is 6.54 Å². The molecule has 0 radical (unpaired) electrons. The van der Waals surface area contributed by atoms with Gasteiger partial charge in [0.2, 0.25) is 5.82 Å². The number of para-hydroxylation sites is 1. The Hall–Kier alpha value is -2.28. The van der Waals surface area contributed by atoms with E-state index in [9.17, 15) is 0 Å². The molecule has 1 aliphatic heterocycles. The second kappa shape index (κ2) is 7.03. The third-order valence-corrected chi connectivity index (χ3v) is 6.44. The summed E-state index contributed by atoms with van der Waals surface area (Å²) in [5, 5.41) is 6.04. The van der Waals surface area contributed by atoms with Gasteiger partial charge in [-0.2, -0.15) is 4.98 Å². The maximum Gasteiger partial charge on any atom is 0.282 e. The van der Waals surface area contributed by atoms with Gasteiger partial charge < -0.3 is 9.42 Å². The lowest BCUT2D eigenvalue weighted by Crippen LogP contribution is -3.09. The SMILES string of the molecule is Clc1ccc(-c2noc(C[NH+]3CCC[C@@H]3c3nc4ccccc4s3)n2)cc1. The van der Waals surface area contributed by atoms with Gasteiger partial charge in [-0.15, -0.1) is 11.3 Å². The first-order valence-electron chi connectivity index (χ1n) is 9.05. The van der Waals surface area contributed by atoms with Crippen LogP contribution >= 0.6 is 22.9 Å². The molecule has 0 amide bonds. The average Bonchev–Trinajstić information content (AvgIpc) is 3.41. The summed E-state index contributed by atoms with van der Waals surface area (Å²) in [6.45, 7) is 1.82. The Kier molecular flexibility index (Phi) is 4.39. The van der Waals surface area contributed by atoms with Crippen LogP contribution in [0.5, 0.6) is 0 Å². The monoisotopic (exact) mass is 397 g/mol. The van der Waals surface area contributed by atoms with E-state index in [1.54, 1.807) is 11.3 Å². The van der Waals surface area contributed by atoms with E-state index in [1.165, 1.54) is 21.0 Å². The van der Waals surface area contributed by atoms with E-state index >= 15 is 0 Å². The van der Waals surface area contributed by atoms with Gasteiger partial charge >= 0.3 is 0 Å². The summed E-state index contributed by atoms with van der Waals surface area (Å²) >= 11 is 7.75. The number of rotatable bonds is 4. The molecule has 2 aromatic heterocycles. The van der Waals surface area contributed by atoms with Crippen molar-refractivity contribution in [1.29, 1.82) is 0 Å². The van der Waals surface area contributed by atoms with Crippen LogP contribution in [0.3, 0.4) is 0 Å². The number of likely N-dealkylation sites (tertiary alicyclic amines) is 1. The molecule has 2 atom stereocenters. The van der Waals surface area contributed by atoms with E-state index < -0.39 is 0 Å². The largest absolute Gasteiger partial charge is 0.333 e. The zero-order valence-corrected chi connectivity index (χ0v) is 16.1. The minimum Gasteiger partial charge on any atom is -0.333 e. The molecule has 136 valence electrons. The Morgan fingerprint density at radius 3 is 2.81 bits per heavy atom. The van der Waals surface area contributed by atoms with Crippen molar-refractivity contribution in [1.82, 2.24) is 15.1 Å². The Morgan fingerprint density at radius 1 is 1.11 bits per heavy atom. The summed E-state index contributed by atoms with van der Waals surface area (Å²) in [6.07, 6.45) is 2.33. The highest BCUT2D eigenvalue weighted by atomic mass is 35.5. The number of halogens is 1. The van der Waals surface area contributed by atoms with Crippen LogP contribution in [0.15, 0.2) is 53.1 Å². The molecule has 3 heterocycles. The lowest BCUT2D eigenvalue weighted by molar-refractivity contribution is -0.933. The van der Waals surface area contributed by atoms with Crippen LogP contribution in [0, 0.1) is 0 Å². The third-order valence-electron chi connectivity index (χ3n) is 5.04. The van der Waals surface area contributed by atoms with Gasteiger partial charge in [-0.05, 0) is 36.4 Å². The predicted octanol–water partition coefficient (Wildman–Crippen LogP) is 3.92. The Labute approximate surface area is 165 Å². The van der Waals surface area contributed by atoms with Crippen LogP contribution < -0.4 is 4.90 Å². The second-order valence-corrected chi connectivity index (χ2v) is 8.32. The molecule has 1 fully saturated rings. The quantitative estimate of drug-likeness (QED) is 0.567. The topological polar surface area (TPSA) is 56.2 Å². The van der Waals surface area contributed by atoms with E-state index in [4.69, 9.17) is 21.1 Å². The van der Waals surface area contributed by atoms with Crippen molar-refractivity contribution in [2.24, 2.45) is 0 Å². The average molecular weight is 398 g/mol. The number of hydrogen-bond donors (Lipinski definition) is 1. The van der Waals surface area contributed by atoms with Crippen molar-refractivity contribution in [2.45, 2.75) is 25.4 Å². The van der Waals surface area contributed by atoms with Crippen molar-refractivity contribution in [3.8, 4) is 11.4 Å². The summed E-state index contributed by atoms with van der Waals surface area (Å²) in [7, 11) is 0. The van der Waals surface area contributed by atoms with Crippen LogP contribution in [0.2, 0.25) is 5.02 Å². The maximum atomic E-state index is 5.95. The van der Waals surface area contributed by atoms with E-state index in [-0.39, 0.29) is 0 Å². The highest BCUT2D eigenvalue weighted by Crippen LogP contribution is 2.29. The number of aromatic nitrogens is 3. The minimum absolute atomic E-state index is 0.397. The molecular formula is C20H18ClN4OS+. The standard InChI is InChI=1S/C20H17ClN4OS/c21-14-9-7-13(8-10-14)19-23-18(26-24-19)12-25-11-3-5-16(25)20-22-15-4-1-2-6-17(15)27-20/h1-2,4,6-10,16H,3,5,11-12H2/p+1/t16-/m1/s1. The number of hydrogen-bond acceptors (Lipinski definition) is 5. The Bertz CT molecular complexity index is 1040. The Balaban J connectivity index is 1.36. The third kappa shape index (κ3) is 3.36. The molecule has 7 heteroatoms. The van der Waals surface area contributed by atoms with Crippen molar-refractivity contribution >= 4 is 33.2 Å². The fraction of sp³-hybridized carbons (Fsp3) is 0.250. The van der Waals surface area contributed by atoms with Crippen molar-refractivity contribution < 1.29 is 9.42 Å². The molecule has 1 N–H and O–H groups in total. The number of quaternary nitrogens is 1. The fourth-order valence-electron chi connectivity index (χ4n) is 3.70. The molecule has 0 bridgehead atoms. The first-order chi connectivity index (χ1) is 13.3. The van der Waals surface area contributed by atoms with Gasteiger partial charge in [0.15, 0.2) is 11.6 Å². The Morgan fingerprint density at radius 2 is 1.96 bits per heavy atom. The van der Waals surface area contributed by atoms with Crippen molar-refractivity contribution in [3.05, 3.63) is 64.5 Å². The van der Waals surface area contributed by atoms with E-state index in [0.717, 1.165) is 30.6 Å². The molecular weight excluding hydrogens is 380 g/mol. The fourth-order valence-corrected chi connectivity index (χ4v) is 4.98. The molecule has 2 aromatic carbocycles. The number of fused-ring (bicyclic) bond motifs is 1. The molecule has 0 spiro atoms. The van der Waals surface area contributed by atoms with Crippen LogP contribution in [0.1, 0.15) is 29.8 Å². The molecule has 1 aliphatic rings. The van der Waals surface area contributed by atoms with E-state index in [2.05, 4.69) is 28.3 Å². The van der Waals surface area contributed by atoms with E-state index in [0.29, 0.717) is 22.8 Å². The van der Waals surface area contributed by atoms with Crippen molar-refractivity contribution in [2.75, 3.05) is 6.54 Å².